The zero-order valence-electron chi connectivity index (χ0n) is 14.1. The average molecular weight is 487 g/mol. The van der Waals surface area contributed by atoms with Gasteiger partial charge in [0, 0.05) is 64.2 Å². The first-order valence-corrected chi connectivity index (χ1v) is 10.4. The van der Waals surface area contributed by atoms with E-state index in [1.807, 2.05) is 30.1 Å². The Morgan fingerprint density at radius 3 is 2.62 bits per heavy atom. The molecule has 0 spiro atoms. The number of nitrogens with zero attached hydrogens (tertiary/aromatic N) is 3. The van der Waals surface area contributed by atoms with E-state index in [0.717, 1.165) is 17.1 Å². The van der Waals surface area contributed by atoms with Gasteiger partial charge < -0.3 is 15.2 Å². The quantitative estimate of drug-likeness (QED) is 0.351. The molecule has 0 atom stereocenters. The van der Waals surface area contributed by atoms with E-state index in [-0.39, 0.29) is 29.7 Å². The molecule has 138 valence electrons. The van der Waals surface area contributed by atoms with E-state index in [2.05, 4.69) is 15.6 Å². The van der Waals surface area contributed by atoms with Gasteiger partial charge in [-0.1, -0.05) is 0 Å². The molecule has 2 heterocycles. The van der Waals surface area contributed by atoms with Crippen LogP contribution in [-0.4, -0.2) is 67.2 Å². The van der Waals surface area contributed by atoms with Crippen molar-refractivity contribution < 1.29 is 8.42 Å². The number of guanidine groups is 1. The van der Waals surface area contributed by atoms with E-state index in [1.54, 1.807) is 23.1 Å². The molecule has 1 aromatic rings. The molecule has 0 aliphatic carbocycles. The molecule has 2 N–H and O–H groups in total. The van der Waals surface area contributed by atoms with Crippen LogP contribution < -0.4 is 10.6 Å². The smallest absolute Gasteiger partial charge is 0.215 e. The Kier molecular flexibility index (Phi) is 9.45. The molecule has 1 aliphatic rings. The average Bonchev–Trinajstić information content (AvgIpc) is 2.97. The second-order valence-electron chi connectivity index (χ2n) is 5.37. The monoisotopic (exact) mass is 487 g/mol. The van der Waals surface area contributed by atoms with E-state index in [4.69, 9.17) is 0 Å². The van der Waals surface area contributed by atoms with Gasteiger partial charge in [0.25, 0.3) is 0 Å². The zero-order valence-corrected chi connectivity index (χ0v) is 18.0. The van der Waals surface area contributed by atoms with Crippen molar-refractivity contribution in [1.82, 2.24) is 19.5 Å². The molecule has 0 radical (unpaired) electrons. The SMILES string of the molecule is CN=C(NCCS(=O)(=O)N1CCSCC1)NCc1ccn(C)c1.I. The van der Waals surface area contributed by atoms with Gasteiger partial charge >= 0.3 is 0 Å². The first-order valence-electron chi connectivity index (χ1n) is 7.62. The van der Waals surface area contributed by atoms with E-state index in [0.29, 0.717) is 32.1 Å². The highest BCUT2D eigenvalue weighted by molar-refractivity contribution is 14.0. The number of aryl methyl sites for hydroxylation is 1. The van der Waals surface area contributed by atoms with Crippen molar-refractivity contribution in [2.45, 2.75) is 6.54 Å². The van der Waals surface area contributed by atoms with Gasteiger partial charge in [-0.3, -0.25) is 4.99 Å². The zero-order chi connectivity index (χ0) is 16.7. The molecule has 0 bridgehead atoms. The summed E-state index contributed by atoms with van der Waals surface area (Å²) in [7, 11) is 0.470. The number of aliphatic imine (C=N–C) groups is 1. The summed E-state index contributed by atoms with van der Waals surface area (Å²) in [5.41, 5.74) is 1.15. The van der Waals surface area contributed by atoms with E-state index >= 15 is 0 Å². The van der Waals surface area contributed by atoms with Gasteiger partial charge in [-0.05, 0) is 11.6 Å². The molecule has 0 aromatic carbocycles. The van der Waals surface area contributed by atoms with Crippen LogP contribution in [0.2, 0.25) is 0 Å². The summed E-state index contributed by atoms with van der Waals surface area (Å²) in [6.45, 7) is 2.24. The molecular formula is C14H26IN5O2S2. The normalized spacial score (nSPS) is 16.5. The minimum Gasteiger partial charge on any atom is -0.357 e. The molecule has 2 rings (SSSR count). The summed E-state index contributed by atoms with van der Waals surface area (Å²) in [6, 6.07) is 2.03. The van der Waals surface area contributed by atoms with Crippen LogP contribution in [-0.2, 0) is 23.6 Å². The van der Waals surface area contributed by atoms with Crippen molar-refractivity contribution in [3.8, 4) is 0 Å². The molecule has 1 fully saturated rings. The summed E-state index contributed by atoms with van der Waals surface area (Å²) in [5.74, 6) is 2.46. The van der Waals surface area contributed by atoms with E-state index < -0.39 is 10.0 Å². The Balaban J connectivity index is 0.00000288. The molecule has 24 heavy (non-hydrogen) atoms. The number of halogens is 1. The fourth-order valence-electron chi connectivity index (χ4n) is 2.32. The fraction of sp³-hybridized carbons (Fsp3) is 0.643. The van der Waals surface area contributed by atoms with Gasteiger partial charge in [0.2, 0.25) is 10.0 Å². The van der Waals surface area contributed by atoms with E-state index in [9.17, 15) is 8.42 Å². The predicted molar refractivity (Wildman–Crippen MR) is 112 cm³/mol. The lowest BCUT2D eigenvalue weighted by Crippen LogP contribution is -2.44. The van der Waals surface area contributed by atoms with Crippen molar-refractivity contribution in [3.63, 3.8) is 0 Å². The van der Waals surface area contributed by atoms with Crippen molar-refractivity contribution in [2.75, 3.05) is 43.9 Å². The van der Waals surface area contributed by atoms with Crippen LogP contribution in [0.3, 0.4) is 0 Å². The van der Waals surface area contributed by atoms with Gasteiger partial charge in [0.15, 0.2) is 5.96 Å². The molecule has 1 aromatic heterocycles. The summed E-state index contributed by atoms with van der Waals surface area (Å²) < 4.78 is 28.1. The maximum atomic E-state index is 12.3. The van der Waals surface area contributed by atoms with Crippen LogP contribution >= 0.6 is 35.7 Å². The molecule has 1 saturated heterocycles. The lowest BCUT2D eigenvalue weighted by Gasteiger charge is -2.25. The molecule has 0 amide bonds. The number of thioether (sulfide) groups is 1. The highest BCUT2D eigenvalue weighted by atomic mass is 127. The lowest BCUT2D eigenvalue weighted by atomic mass is 10.3. The second-order valence-corrected chi connectivity index (χ2v) is 8.68. The van der Waals surface area contributed by atoms with Gasteiger partial charge in [-0.25, -0.2) is 12.7 Å². The fourth-order valence-corrected chi connectivity index (χ4v) is 4.82. The summed E-state index contributed by atoms with van der Waals surface area (Å²) >= 11 is 1.80. The third-order valence-corrected chi connectivity index (χ3v) is 6.41. The Bertz CT molecular complexity index is 627. The Labute approximate surface area is 165 Å². The number of rotatable bonds is 6. The number of nitrogens with one attached hydrogen (secondary N) is 2. The summed E-state index contributed by atoms with van der Waals surface area (Å²) in [5, 5.41) is 6.24. The van der Waals surface area contributed by atoms with Crippen LogP contribution in [0.1, 0.15) is 5.56 Å². The second kappa shape index (κ2) is 10.5. The predicted octanol–water partition coefficient (Wildman–Crippen LogP) is 0.687. The van der Waals surface area contributed by atoms with Crippen LogP contribution in [0.15, 0.2) is 23.5 Å². The molecule has 10 heteroatoms. The maximum absolute atomic E-state index is 12.3. The summed E-state index contributed by atoms with van der Waals surface area (Å²) in [6.07, 6.45) is 4.01. The van der Waals surface area contributed by atoms with Crippen molar-refractivity contribution in [2.24, 2.45) is 12.0 Å². The van der Waals surface area contributed by atoms with Crippen molar-refractivity contribution in [3.05, 3.63) is 24.0 Å². The molecule has 7 nitrogen and oxygen atoms in total. The Morgan fingerprint density at radius 1 is 1.33 bits per heavy atom. The van der Waals surface area contributed by atoms with Gasteiger partial charge in [-0.2, -0.15) is 11.8 Å². The minimum absolute atomic E-state index is 0. The minimum atomic E-state index is -3.18. The lowest BCUT2D eigenvalue weighted by molar-refractivity contribution is 0.443. The molecular weight excluding hydrogens is 461 g/mol. The Morgan fingerprint density at radius 2 is 2.04 bits per heavy atom. The van der Waals surface area contributed by atoms with Gasteiger partial charge in [0.05, 0.1) is 5.75 Å². The van der Waals surface area contributed by atoms with E-state index in [1.165, 1.54) is 0 Å². The van der Waals surface area contributed by atoms with Crippen molar-refractivity contribution >= 4 is 51.7 Å². The maximum Gasteiger partial charge on any atom is 0.215 e. The Hall–Kier alpha value is -0.460. The number of hydrogen-bond donors (Lipinski definition) is 2. The first-order chi connectivity index (χ1) is 11.0. The molecule has 1 aliphatic heterocycles. The highest BCUT2D eigenvalue weighted by Gasteiger charge is 2.23. The molecule has 0 saturated carbocycles. The summed E-state index contributed by atoms with van der Waals surface area (Å²) in [4.78, 5) is 4.12. The number of aromatic nitrogens is 1. The topological polar surface area (TPSA) is 78.7 Å². The first kappa shape index (κ1) is 21.6. The third kappa shape index (κ3) is 6.81. The van der Waals surface area contributed by atoms with Crippen LogP contribution in [0, 0.1) is 0 Å². The number of sulfonamides is 1. The van der Waals surface area contributed by atoms with Gasteiger partial charge in [-0.15, -0.1) is 24.0 Å². The van der Waals surface area contributed by atoms with Crippen LogP contribution in [0.4, 0.5) is 0 Å². The van der Waals surface area contributed by atoms with Gasteiger partial charge in [0.1, 0.15) is 0 Å². The van der Waals surface area contributed by atoms with Crippen molar-refractivity contribution in [1.29, 1.82) is 0 Å². The number of hydrogen-bond acceptors (Lipinski definition) is 4. The highest BCUT2D eigenvalue weighted by Crippen LogP contribution is 2.12. The van der Waals surface area contributed by atoms with Crippen LogP contribution in [0.25, 0.3) is 0 Å². The van der Waals surface area contributed by atoms with Crippen LogP contribution in [0.5, 0.6) is 0 Å². The third-order valence-electron chi connectivity index (χ3n) is 3.59. The standard InChI is InChI=1S/C14H25N5O2S2.HI/c1-15-14(17-11-13-3-5-18(2)12-13)16-4-10-23(20,21)19-6-8-22-9-7-19;/h3,5,12H,4,6-11H2,1-2H3,(H2,15,16,17);1H. The largest absolute Gasteiger partial charge is 0.357 e. The molecule has 0 unspecified atom stereocenters.